The van der Waals surface area contributed by atoms with Crippen LogP contribution in [0.1, 0.15) is 187 Å². The van der Waals surface area contributed by atoms with E-state index >= 15 is 0 Å². The molecule has 4 atom stereocenters. The van der Waals surface area contributed by atoms with Crippen molar-refractivity contribution in [3.05, 3.63) is 48.6 Å². The van der Waals surface area contributed by atoms with Crippen molar-refractivity contribution in [3.8, 4) is 0 Å². The van der Waals surface area contributed by atoms with Crippen LogP contribution in [-0.2, 0) is 4.79 Å². The molecule has 6 nitrogen and oxygen atoms in total. The Morgan fingerprint density at radius 2 is 0.918 bits per heavy atom. The van der Waals surface area contributed by atoms with Crippen LogP contribution in [0.15, 0.2) is 48.6 Å². The van der Waals surface area contributed by atoms with E-state index in [-0.39, 0.29) is 0 Å². The minimum absolute atomic E-state index is 0.353. The van der Waals surface area contributed by atoms with Gasteiger partial charge >= 0.3 is 0 Å². The van der Waals surface area contributed by atoms with E-state index < -0.39 is 36.9 Å². The number of nitrogens with one attached hydrogen (secondary N) is 1. The monoisotopic (exact) mass is 690 g/mol. The van der Waals surface area contributed by atoms with Gasteiger partial charge in [0.1, 0.15) is 12.2 Å². The standard InChI is InChI=1S/C43H79NO5/c1-3-5-7-9-11-13-15-17-19-20-21-23-25-27-29-31-33-35-37-41(47)43(49)44-39(38-45)42(48)40(46)36-34-32-30-28-26-24-22-18-16-14-12-10-8-6-4-2/h11,13,15,17-18,22,28,30,39-42,45-48H,3-10,12,14,16,19-21,23-27,29,31-38H2,1-2H3,(H,44,49)/b13-11-,17-15-,22-18+,30-28+. The number of hydrogen-bond donors (Lipinski definition) is 5. The lowest BCUT2D eigenvalue weighted by Crippen LogP contribution is -2.53. The summed E-state index contributed by atoms with van der Waals surface area (Å²) in [4.78, 5) is 12.5. The highest BCUT2D eigenvalue weighted by Gasteiger charge is 2.28. The SMILES string of the molecule is CCCCC/C=C\C=C/CCCCCCCCCCCC(O)C(=O)NC(CO)C(O)C(O)CCC/C=C/CC/C=C/CCCCCCCC. The van der Waals surface area contributed by atoms with Gasteiger partial charge in [0.05, 0.1) is 18.8 Å². The van der Waals surface area contributed by atoms with Crippen LogP contribution in [-0.4, -0.2) is 57.3 Å². The van der Waals surface area contributed by atoms with Crippen LogP contribution in [0.3, 0.4) is 0 Å². The number of amides is 1. The predicted molar refractivity (Wildman–Crippen MR) is 210 cm³/mol. The van der Waals surface area contributed by atoms with Crippen molar-refractivity contribution in [2.24, 2.45) is 0 Å². The molecule has 0 aliphatic heterocycles. The van der Waals surface area contributed by atoms with E-state index in [1.54, 1.807) is 0 Å². The van der Waals surface area contributed by atoms with Crippen LogP contribution in [0.2, 0.25) is 0 Å². The lowest BCUT2D eigenvalue weighted by Gasteiger charge is -2.27. The van der Waals surface area contributed by atoms with Crippen LogP contribution in [0.5, 0.6) is 0 Å². The van der Waals surface area contributed by atoms with E-state index in [0.29, 0.717) is 19.3 Å². The Kier molecular flexibility index (Phi) is 36.2. The maximum absolute atomic E-state index is 12.5. The molecule has 1 amide bonds. The lowest BCUT2D eigenvalue weighted by molar-refractivity contribution is -0.132. The number of carbonyl (C=O) groups is 1. The third-order valence-corrected chi connectivity index (χ3v) is 9.27. The first-order valence-electron chi connectivity index (χ1n) is 20.5. The zero-order valence-electron chi connectivity index (χ0n) is 31.9. The van der Waals surface area contributed by atoms with E-state index in [1.165, 1.54) is 109 Å². The first-order chi connectivity index (χ1) is 24.0. The molecule has 0 aromatic rings. The van der Waals surface area contributed by atoms with Gasteiger partial charge in [-0.25, -0.2) is 0 Å². The number of aliphatic hydroxyl groups excluding tert-OH is 4. The fraction of sp³-hybridized carbons (Fsp3) is 0.791. The van der Waals surface area contributed by atoms with Crippen molar-refractivity contribution in [1.29, 1.82) is 0 Å². The molecule has 0 heterocycles. The van der Waals surface area contributed by atoms with Crippen molar-refractivity contribution in [3.63, 3.8) is 0 Å². The maximum atomic E-state index is 12.5. The Labute approximate surface area is 302 Å². The number of unbranched alkanes of at least 4 members (excludes halogenated alkanes) is 20. The lowest BCUT2D eigenvalue weighted by atomic mass is 10.00. The largest absolute Gasteiger partial charge is 0.394 e. The Bertz CT molecular complexity index is 823. The molecule has 4 unspecified atom stereocenters. The van der Waals surface area contributed by atoms with Crippen LogP contribution < -0.4 is 5.32 Å². The van der Waals surface area contributed by atoms with Crippen molar-refractivity contribution in [2.45, 2.75) is 212 Å². The summed E-state index contributed by atoms with van der Waals surface area (Å²) in [7, 11) is 0. The number of allylic oxidation sites excluding steroid dienone is 8. The Morgan fingerprint density at radius 1 is 0.510 bits per heavy atom. The molecule has 0 aliphatic carbocycles. The van der Waals surface area contributed by atoms with E-state index in [0.717, 1.165) is 44.9 Å². The number of carbonyl (C=O) groups excluding carboxylic acids is 1. The molecule has 286 valence electrons. The van der Waals surface area contributed by atoms with Crippen molar-refractivity contribution in [2.75, 3.05) is 6.61 Å². The van der Waals surface area contributed by atoms with Crippen molar-refractivity contribution in [1.82, 2.24) is 5.32 Å². The molecule has 49 heavy (non-hydrogen) atoms. The molecule has 0 aliphatic rings. The Balaban J connectivity index is 3.86. The van der Waals surface area contributed by atoms with Crippen molar-refractivity contribution < 1.29 is 25.2 Å². The zero-order chi connectivity index (χ0) is 36.0. The third-order valence-electron chi connectivity index (χ3n) is 9.27. The average molecular weight is 690 g/mol. The van der Waals surface area contributed by atoms with Crippen LogP contribution in [0.4, 0.5) is 0 Å². The highest BCUT2D eigenvalue weighted by molar-refractivity contribution is 5.80. The third kappa shape index (κ3) is 32.0. The highest BCUT2D eigenvalue weighted by Crippen LogP contribution is 2.14. The molecule has 0 rings (SSSR count). The normalized spacial score (nSPS) is 14.8. The van der Waals surface area contributed by atoms with Gasteiger partial charge in [0.15, 0.2) is 0 Å². The summed E-state index contributed by atoms with van der Waals surface area (Å²) < 4.78 is 0. The average Bonchev–Trinajstić information content (AvgIpc) is 3.11. The van der Waals surface area contributed by atoms with E-state index in [4.69, 9.17) is 0 Å². The summed E-state index contributed by atoms with van der Waals surface area (Å²) in [5, 5.41) is 43.5. The number of hydrogen-bond acceptors (Lipinski definition) is 5. The summed E-state index contributed by atoms with van der Waals surface area (Å²) in [6.45, 7) is 3.98. The molecule has 0 radical (unpaired) electrons. The van der Waals surface area contributed by atoms with Gasteiger partial charge in [-0.1, -0.05) is 159 Å². The van der Waals surface area contributed by atoms with E-state index in [1.807, 2.05) is 0 Å². The predicted octanol–water partition coefficient (Wildman–Crippen LogP) is 10.3. The zero-order valence-corrected chi connectivity index (χ0v) is 31.9. The van der Waals surface area contributed by atoms with Crippen molar-refractivity contribution >= 4 is 5.91 Å². The minimum atomic E-state index is -1.29. The Morgan fingerprint density at radius 3 is 1.45 bits per heavy atom. The maximum Gasteiger partial charge on any atom is 0.249 e. The number of rotatable bonds is 36. The van der Waals surface area contributed by atoms with Gasteiger partial charge in [0.25, 0.3) is 0 Å². The molecule has 0 bridgehead atoms. The summed E-state index contributed by atoms with van der Waals surface area (Å²) in [5.74, 6) is -0.605. The summed E-state index contributed by atoms with van der Waals surface area (Å²) in [5.41, 5.74) is 0. The molecule has 5 N–H and O–H groups in total. The van der Waals surface area contributed by atoms with Gasteiger partial charge in [-0.2, -0.15) is 0 Å². The van der Waals surface area contributed by atoms with Gasteiger partial charge < -0.3 is 25.7 Å². The van der Waals surface area contributed by atoms with E-state index in [9.17, 15) is 25.2 Å². The fourth-order valence-electron chi connectivity index (χ4n) is 5.94. The van der Waals surface area contributed by atoms with Crippen LogP contribution in [0.25, 0.3) is 0 Å². The second-order valence-electron chi connectivity index (χ2n) is 14.0. The molecule has 0 fully saturated rings. The molecule has 0 saturated carbocycles. The van der Waals surface area contributed by atoms with Gasteiger partial charge in [-0.05, 0) is 77.0 Å². The van der Waals surface area contributed by atoms with Gasteiger partial charge in [0, 0.05) is 0 Å². The topological polar surface area (TPSA) is 110 Å². The molecule has 6 heteroatoms. The van der Waals surface area contributed by atoms with Crippen LogP contribution in [0, 0.1) is 0 Å². The summed E-state index contributed by atoms with van der Waals surface area (Å²) >= 11 is 0. The Hall–Kier alpha value is -1.73. The van der Waals surface area contributed by atoms with E-state index in [2.05, 4.69) is 67.8 Å². The second kappa shape index (κ2) is 37.5. The number of aliphatic hydroxyl groups is 4. The molecule has 0 spiro atoms. The second-order valence-corrected chi connectivity index (χ2v) is 14.0. The first-order valence-corrected chi connectivity index (χ1v) is 20.5. The molecule has 0 aromatic carbocycles. The first kappa shape index (κ1) is 47.3. The smallest absolute Gasteiger partial charge is 0.249 e. The van der Waals surface area contributed by atoms with Gasteiger partial charge in [-0.15, -0.1) is 0 Å². The summed E-state index contributed by atoms with van der Waals surface area (Å²) in [6.07, 6.45) is 44.1. The highest BCUT2D eigenvalue weighted by atomic mass is 16.3. The summed E-state index contributed by atoms with van der Waals surface area (Å²) in [6, 6.07) is -1.01. The quantitative estimate of drug-likeness (QED) is 0.0255. The molecule has 0 aromatic heterocycles. The fourth-order valence-corrected chi connectivity index (χ4v) is 5.94. The molecule has 0 saturated heterocycles. The van der Waals surface area contributed by atoms with Gasteiger partial charge in [-0.3, -0.25) is 4.79 Å². The molecular weight excluding hydrogens is 610 g/mol. The molecular formula is C43H79NO5. The van der Waals surface area contributed by atoms with Gasteiger partial charge in [0.2, 0.25) is 5.91 Å². The minimum Gasteiger partial charge on any atom is -0.394 e. The van der Waals surface area contributed by atoms with Crippen LogP contribution >= 0.6 is 0 Å².